The van der Waals surface area contributed by atoms with Gasteiger partial charge in [-0.15, -0.1) is 5.10 Å². The Balaban J connectivity index is 2.38. The number of halogens is 6. The van der Waals surface area contributed by atoms with E-state index in [-0.39, 0.29) is 6.54 Å². The van der Waals surface area contributed by atoms with Crippen LogP contribution in [0.1, 0.15) is 22.8 Å². The van der Waals surface area contributed by atoms with E-state index in [2.05, 4.69) is 10.1 Å². The van der Waals surface area contributed by atoms with Gasteiger partial charge >= 0.3 is 12.4 Å². The van der Waals surface area contributed by atoms with Crippen LogP contribution in [0.15, 0.2) is 18.2 Å². The monoisotopic (exact) mass is 338 g/mol. The van der Waals surface area contributed by atoms with E-state index in [9.17, 15) is 26.3 Å². The van der Waals surface area contributed by atoms with Gasteiger partial charge in [-0.3, -0.25) is 0 Å². The Labute approximate surface area is 126 Å². The van der Waals surface area contributed by atoms with Gasteiger partial charge in [0, 0.05) is 5.69 Å². The average Bonchev–Trinajstić information content (AvgIpc) is 2.75. The number of nitrogen functional groups attached to an aromatic ring is 1. The first-order valence-corrected chi connectivity index (χ1v) is 6.38. The summed E-state index contributed by atoms with van der Waals surface area (Å²) in [5.74, 6) is -2.39. The molecule has 0 atom stereocenters. The second kappa shape index (κ2) is 5.74. The average molecular weight is 338 g/mol. The Morgan fingerprint density at radius 1 is 1.13 bits per heavy atom. The maximum atomic E-state index is 12.6. The molecule has 10 heteroatoms. The van der Waals surface area contributed by atoms with Crippen LogP contribution in [0.25, 0.3) is 0 Å². The number of rotatable bonds is 3. The molecule has 2 N–H and O–H groups in total. The van der Waals surface area contributed by atoms with Crippen molar-refractivity contribution < 1.29 is 26.3 Å². The lowest BCUT2D eigenvalue weighted by molar-refractivity contribution is -0.145. The molecule has 0 aliphatic heterocycles. The maximum absolute atomic E-state index is 12.6. The van der Waals surface area contributed by atoms with Crippen molar-refractivity contribution >= 4 is 5.69 Å². The fraction of sp³-hybridized carbons (Fsp3) is 0.385. The summed E-state index contributed by atoms with van der Waals surface area (Å²) in [6, 6.07) is 4.60. The van der Waals surface area contributed by atoms with Gasteiger partial charge in [0.25, 0.3) is 5.82 Å². The van der Waals surface area contributed by atoms with Gasteiger partial charge in [0.1, 0.15) is 12.2 Å². The minimum atomic E-state index is -4.91. The van der Waals surface area contributed by atoms with Gasteiger partial charge in [0.15, 0.2) is 0 Å². The third kappa shape index (κ3) is 4.36. The van der Waals surface area contributed by atoms with E-state index in [1.54, 1.807) is 13.0 Å². The van der Waals surface area contributed by atoms with Crippen LogP contribution in [0, 0.1) is 6.92 Å². The Bertz CT molecular complexity index is 701. The molecule has 0 fully saturated rings. The van der Waals surface area contributed by atoms with Gasteiger partial charge < -0.3 is 5.73 Å². The Morgan fingerprint density at radius 2 is 1.78 bits per heavy atom. The molecule has 0 radical (unpaired) electrons. The molecule has 2 aromatic rings. The van der Waals surface area contributed by atoms with E-state index < -0.39 is 30.4 Å². The second-order valence-electron chi connectivity index (χ2n) is 4.99. The zero-order valence-electron chi connectivity index (χ0n) is 11.8. The number of benzene rings is 1. The maximum Gasteiger partial charge on any atom is 0.453 e. The lowest BCUT2D eigenvalue weighted by Crippen LogP contribution is -2.17. The molecule has 1 heterocycles. The predicted molar refractivity (Wildman–Crippen MR) is 69.5 cm³/mol. The molecule has 0 amide bonds. The van der Waals surface area contributed by atoms with Crippen LogP contribution >= 0.6 is 0 Å². The Kier molecular flexibility index (Phi) is 4.27. The van der Waals surface area contributed by atoms with Crippen molar-refractivity contribution in [2.75, 3.05) is 5.73 Å². The number of nitrogens with two attached hydrogens (primary N) is 1. The molecule has 0 saturated carbocycles. The van der Waals surface area contributed by atoms with Crippen molar-refractivity contribution in [3.63, 3.8) is 0 Å². The summed E-state index contributed by atoms with van der Waals surface area (Å²) in [4.78, 5) is 2.99. The summed E-state index contributed by atoms with van der Waals surface area (Å²) >= 11 is 0. The van der Waals surface area contributed by atoms with Gasteiger partial charge in [-0.05, 0) is 24.1 Å². The predicted octanol–water partition coefficient (Wildman–Crippen LogP) is 3.34. The van der Waals surface area contributed by atoms with Crippen molar-refractivity contribution in [3.8, 4) is 0 Å². The van der Waals surface area contributed by atoms with Crippen LogP contribution in [0.4, 0.5) is 32.0 Å². The van der Waals surface area contributed by atoms with Gasteiger partial charge in [-0.25, -0.2) is 9.67 Å². The number of aromatic nitrogens is 3. The van der Waals surface area contributed by atoms with Gasteiger partial charge in [0.05, 0.1) is 6.54 Å². The SMILES string of the molecule is Cc1cc(Cn2nc(C(F)(F)F)nc2CC(F)(F)F)ccc1N. The number of anilines is 1. The quantitative estimate of drug-likeness (QED) is 0.690. The first-order chi connectivity index (χ1) is 10.5. The fourth-order valence-corrected chi connectivity index (χ4v) is 1.94. The highest BCUT2D eigenvalue weighted by atomic mass is 19.4. The summed E-state index contributed by atoms with van der Waals surface area (Å²) in [5.41, 5.74) is 7.23. The minimum Gasteiger partial charge on any atom is -0.399 e. The van der Waals surface area contributed by atoms with E-state index in [1.165, 1.54) is 12.1 Å². The number of alkyl halides is 6. The number of nitrogens with zero attached hydrogens (tertiary/aromatic N) is 3. The van der Waals surface area contributed by atoms with E-state index in [4.69, 9.17) is 5.73 Å². The van der Waals surface area contributed by atoms with Crippen LogP contribution in [0.5, 0.6) is 0 Å². The number of hydrogen-bond donors (Lipinski definition) is 1. The molecule has 0 saturated heterocycles. The van der Waals surface area contributed by atoms with Gasteiger partial charge in [-0.2, -0.15) is 26.3 Å². The van der Waals surface area contributed by atoms with Crippen LogP contribution in [-0.4, -0.2) is 20.9 Å². The number of hydrogen-bond acceptors (Lipinski definition) is 3. The summed E-state index contributed by atoms with van der Waals surface area (Å²) < 4.78 is 76.0. The third-order valence-corrected chi connectivity index (χ3v) is 3.03. The first kappa shape index (κ1) is 17.1. The van der Waals surface area contributed by atoms with Crippen molar-refractivity contribution in [3.05, 3.63) is 41.0 Å². The highest BCUT2D eigenvalue weighted by molar-refractivity contribution is 5.47. The highest BCUT2D eigenvalue weighted by Gasteiger charge is 2.39. The van der Waals surface area contributed by atoms with Crippen molar-refractivity contribution in [1.82, 2.24) is 14.8 Å². The topological polar surface area (TPSA) is 56.7 Å². The fourth-order valence-electron chi connectivity index (χ4n) is 1.94. The molecule has 1 aromatic heterocycles. The molecule has 0 aliphatic carbocycles. The van der Waals surface area contributed by atoms with E-state index in [1.807, 2.05) is 0 Å². The molecule has 126 valence electrons. The molecule has 0 unspecified atom stereocenters. The van der Waals surface area contributed by atoms with E-state index in [0.29, 0.717) is 21.5 Å². The first-order valence-electron chi connectivity index (χ1n) is 6.38. The molecular weight excluding hydrogens is 326 g/mol. The summed E-state index contributed by atoms with van der Waals surface area (Å²) in [5, 5.41) is 3.16. The summed E-state index contributed by atoms with van der Waals surface area (Å²) in [6.07, 6.45) is -11.2. The van der Waals surface area contributed by atoms with Crippen LogP contribution < -0.4 is 5.73 Å². The molecule has 4 nitrogen and oxygen atoms in total. The third-order valence-electron chi connectivity index (χ3n) is 3.03. The standard InChI is InChI=1S/C13H12F6N4/c1-7-4-8(2-3-9(7)20)6-23-10(5-12(14,15)16)21-11(22-23)13(17,18)19/h2-4H,5-6,20H2,1H3. The summed E-state index contributed by atoms with van der Waals surface area (Å²) in [7, 11) is 0. The molecule has 23 heavy (non-hydrogen) atoms. The zero-order chi connectivity index (χ0) is 17.4. The van der Waals surface area contributed by atoms with Crippen molar-refractivity contribution in [2.45, 2.75) is 32.2 Å². The molecule has 0 aliphatic rings. The lowest BCUT2D eigenvalue weighted by atomic mass is 10.1. The molecule has 0 bridgehead atoms. The van der Waals surface area contributed by atoms with Gasteiger partial charge in [-0.1, -0.05) is 12.1 Å². The molecule has 1 aromatic carbocycles. The Morgan fingerprint density at radius 3 is 2.30 bits per heavy atom. The van der Waals surface area contributed by atoms with Crippen LogP contribution in [0.3, 0.4) is 0 Å². The largest absolute Gasteiger partial charge is 0.453 e. The Hall–Kier alpha value is -2.26. The normalized spacial score (nSPS) is 12.7. The van der Waals surface area contributed by atoms with Crippen molar-refractivity contribution in [1.29, 1.82) is 0 Å². The van der Waals surface area contributed by atoms with Crippen LogP contribution in [0.2, 0.25) is 0 Å². The molecule has 2 rings (SSSR count). The lowest BCUT2D eigenvalue weighted by Gasteiger charge is -2.09. The molecule has 0 spiro atoms. The van der Waals surface area contributed by atoms with Crippen LogP contribution in [-0.2, 0) is 19.1 Å². The highest BCUT2D eigenvalue weighted by Crippen LogP contribution is 2.28. The van der Waals surface area contributed by atoms with E-state index >= 15 is 0 Å². The minimum absolute atomic E-state index is 0.268. The van der Waals surface area contributed by atoms with E-state index in [0.717, 1.165) is 0 Å². The zero-order valence-corrected chi connectivity index (χ0v) is 11.8. The van der Waals surface area contributed by atoms with Gasteiger partial charge in [0.2, 0.25) is 0 Å². The number of aryl methyl sites for hydroxylation is 1. The van der Waals surface area contributed by atoms with Crippen molar-refractivity contribution in [2.24, 2.45) is 0 Å². The second-order valence-corrected chi connectivity index (χ2v) is 4.99. The smallest absolute Gasteiger partial charge is 0.399 e. The molecular formula is C13H12F6N4. The summed E-state index contributed by atoms with van der Waals surface area (Å²) in [6.45, 7) is 1.41.